The van der Waals surface area contributed by atoms with Crippen LogP contribution in [0.25, 0.3) is 0 Å². The molecule has 1 unspecified atom stereocenters. The zero-order valence-electron chi connectivity index (χ0n) is 11.8. The lowest BCUT2D eigenvalue weighted by atomic mass is 10.2. The fourth-order valence-corrected chi connectivity index (χ4v) is 2.48. The van der Waals surface area contributed by atoms with Gasteiger partial charge in [0.25, 0.3) is 5.91 Å². The fourth-order valence-electron chi connectivity index (χ4n) is 1.76. The molecule has 1 atom stereocenters. The highest BCUT2D eigenvalue weighted by atomic mass is 32.1. The van der Waals surface area contributed by atoms with Gasteiger partial charge in [0.2, 0.25) is 0 Å². The average molecular weight is 306 g/mol. The predicted molar refractivity (Wildman–Crippen MR) is 81.3 cm³/mol. The molecular formula is C15H18N2O3S. The van der Waals surface area contributed by atoms with Gasteiger partial charge >= 0.3 is 0 Å². The largest absolute Gasteiger partial charge is 0.389 e. The van der Waals surface area contributed by atoms with Crippen molar-refractivity contribution in [2.75, 3.05) is 13.2 Å². The molecule has 2 rings (SSSR count). The second kappa shape index (κ2) is 7.87. The summed E-state index contributed by atoms with van der Waals surface area (Å²) >= 11 is 1.29. The molecule has 0 aliphatic rings. The molecule has 0 spiro atoms. The number of nitrogens with one attached hydrogen (secondary N) is 1. The summed E-state index contributed by atoms with van der Waals surface area (Å²) < 4.78 is 5.42. The molecule has 1 amide bonds. The van der Waals surface area contributed by atoms with E-state index in [-0.39, 0.29) is 19.1 Å². The Morgan fingerprint density at radius 2 is 2.19 bits per heavy atom. The van der Waals surface area contributed by atoms with Gasteiger partial charge in [-0.2, -0.15) is 0 Å². The average Bonchev–Trinajstić information content (AvgIpc) is 2.92. The SMILES string of the molecule is Cc1ncsc1C(=O)NCC(O)COCc1ccccc1. The maximum absolute atomic E-state index is 11.8. The maximum Gasteiger partial charge on any atom is 0.263 e. The molecule has 0 aliphatic carbocycles. The summed E-state index contributed by atoms with van der Waals surface area (Å²) in [6.07, 6.45) is -0.731. The number of aliphatic hydroxyl groups is 1. The number of amides is 1. The Morgan fingerprint density at radius 1 is 1.43 bits per heavy atom. The molecule has 112 valence electrons. The van der Waals surface area contributed by atoms with Gasteiger partial charge in [-0.15, -0.1) is 11.3 Å². The Balaban J connectivity index is 1.67. The molecule has 0 radical (unpaired) electrons. The van der Waals surface area contributed by atoms with Crippen molar-refractivity contribution < 1.29 is 14.6 Å². The first-order chi connectivity index (χ1) is 10.2. The van der Waals surface area contributed by atoms with E-state index in [1.165, 1.54) is 11.3 Å². The molecule has 1 aromatic carbocycles. The van der Waals surface area contributed by atoms with Crippen molar-refractivity contribution >= 4 is 17.2 Å². The van der Waals surface area contributed by atoms with Crippen LogP contribution in [0.1, 0.15) is 20.9 Å². The number of nitrogens with zero attached hydrogens (tertiary/aromatic N) is 1. The first-order valence-corrected chi connectivity index (χ1v) is 7.53. The number of hydrogen-bond acceptors (Lipinski definition) is 5. The zero-order chi connectivity index (χ0) is 15.1. The summed E-state index contributed by atoms with van der Waals surface area (Å²) in [5.74, 6) is -0.211. The smallest absolute Gasteiger partial charge is 0.263 e. The highest BCUT2D eigenvalue weighted by Crippen LogP contribution is 2.11. The first-order valence-electron chi connectivity index (χ1n) is 6.65. The van der Waals surface area contributed by atoms with E-state index >= 15 is 0 Å². The van der Waals surface area contributed by atoms with E-state index in [2.05, 4.69) is 10.3 Å². The zero-order valence-corrected chi connectivity index (χ0v) is 12.6. The van der Waals surface area contributed by atoms with Gasteiger partial charge in [0, 0.05) is 6.54 Å². The Hall–Kier alpha value is -1.76. The Morgan fingerprint density at radius 3 is 2.86 bits per heavy atom. The van der Waals surface area contributed by atoms with Crippen molar-refractivity contribution in [3.05, 3.63) is 52.0 Å². The molecule has 5 nitrogen and oxygen atoms in total. The Labute approximate surface area is 127 Å². The third kappa shape index (κ3) is 4.93. The number of hydrogen-bond donors (Lipinski definition) is 2. The van der Waals surface area contributed by atoms with Crippen LogP contribution in [0, 0.1) is 6.92 Å². The predicted octanol–water partition coefficient (Wildman–Crippen LogP) is 1.76. The van der Waals surface area contributed by atoms with Gasteiger partial charge in [-0.1, -0.05) is 30.3 Å². The number of aliphatic hydroxyl groups excluding tert-OH is 1. The lowest BCUT2D eigenvalue weighted by Gasteiger charge is -2.12. The van der Waals surface area contributed by atoms with Gasteiger partial charge in [0.1, 0.15) is 4.88 Å². The number of carbonyl (C=O) groups is 1. The lowest BCUT2D eigenvalue weighted by molar-refractivity contribution is 0.0285. The number of carbonyl (C=O) groups excluding carboxylic acids is 1. The molecule has 0 aliphatic heterocycles. The van der Waals surface area contributed by atoms with Crippen LogP contribution in [0.5, 0.6) is 0 Å². The number of benzene rings is 1. The number of ether oxygens (including phenoxy) is 1. The molecule has 2 aromatic rings. The van der Waals surface area contributed by atoms with Gasteiger partial charge in [0.05, 0.1) is 30.5 Å². The van der Waals surface area contributed by atoms with E-state index in [0.717, 1.165) is 5.56 Å². The van der Waals surface area contributed by atoms with Crippen LogP contribution in [-0.4, -0.2) is 35.3 Å². The Bertz CT molecular complexity index is 571. The minimum absolute atomic E-state index is 0.158. The first kappa shape index (κ1) is 15.6. The molecule has 1 heterocycles. The van der Waals surface area contributed by atoms with E-state index in [4.69, 9.17) is 4.74 Å². The quantitative estimate of drug-likeness (QED) is 0.817. The number of aromatic nitrogens is 1. The fraction of sp³-hybridized carbons (Fsp3) is 0.333. The van der Waals surface area contributed by atoms with Crippen molar-refractivity contribution in [2.24, 2.45) is 0 Å². The van der Waals surface area contributed by atoms with E-state index in [9.17, 15) is 9.90 Å². The third-order valence-electron chi connectivity index (χ3n) is 2.87. The van der Waals surface area contributed by atoms with Crippen LogP contribution < -0.4 is 5.32 Å². The molecule has 0 saturated heterocycles. The minimum atomic E-state index is -0.731. The van der Waals surface area contributed by atoms with E-state index < -0.39 is 6.10 Å². The second-order valence-corrected chi connectivity index (χ2v) is 5.49. The number of aryl methyl sites for hydroxylation is 1. The third-order valence-corrected chi connectivity index (χ3v) is 3.80. The second-order valence-electron chi connectivity index (χ2n) is 4.63. The van der Waals surface area contributed by atoms with Crippen molar-refractivity contribution in [1.29, 1.82) is 0 Å². The van der Waals surface area contributed by atoms with Gasteiger partial charge in [-0.3, -0.25) is 4.79 Å². The van der Waals surface area contributed by atoms with Crippen molar-refractivity contribution in [1.82, 2.24) is 10.3 Å². The van der Waals surface area contributed by atoms with Crippen LogP contribution in [-0.2, 0) is 11.3 Å². The van der Waals surface area contributed by atoms with Crippen molar-refractivity contribution in [2.45, 2.75) is 19.6 Å². The van der Waals surface area contributed by atoms with Crippen molar-refractivity contribution in [3.63, 3.8) is 0 Å². The maximum atomic E-state index is 11.8. The van der Waals surface area contributed by atoms with Crippen LogP contribution in [0.15, 0.2) is 35.8 Å². The highest BCUT2D eigenvalue weighted by Gasteiger charge is 2.13. The van der Waals surface area contributed by atoms with Crippen LogP contribution >= 0.6 is 11.3 Å². The molecule has 21 heavy (non-hydrogen) atoms. The monoisotopic (exact) mass is 306 g/mol. The van der Waals surface area contributed by atoms with Crippen LogP contribution in [0.2, 0.25) is 0 Å². The summed E-state index contributed by atoms with van der Waals surface area (Å²) in [6, 6.07) is 9.73. The molecule has 1 aromatic heterocycles. The number of rotatable bonds is 7. The molecule has 0 fully saturated rings. The molecule has 2 N–H and O–H groups in total. The van der Waals surface area contributed by atoms with E-state index in [1.54, 1.807) is 12.4 Å². The standard InChI is InChI=1S/C15H18N2O3S/c1-11-14(21-10-17-11)15(19)16-7-13(18)9-20-8-12-5-3-2-4-6-12/h2-6,10,13,18H,7-9H2,1H3,(H,16,19). The summed E-state index contributed by atoms with van der Waals surface area (Å²) in [5.41, 5.74) is 3.38. The van der Waals surface area contributed by atoms with Crippen LogP contribution in [0.4, 0.5) is 0 Å². The van der Waals surface area contributed by atoms with E-state index in [0.29, 0.717) is 17.2 Å². The topological polar surface area (TPSA) is 71.5 Å². The van der Waals surface area contributed by atoms with Gasteiger partial charge < -0.3 is 15.2 Å². The summed E-state index contributed by atoms with van der Waals surface area (Å²) in [6.45, 7) is 2.56. The Kier molecular flexibility index (Phi) is 5.86. The minimum Gasteiger partial charge on any atom is -0.389 e. The summed E-state index contributed by atoms with van der Waals surface area (Å²) in [4.78, 5) is 16.4. The van der Waals surface area contributed by atoms with E-state index in [1.807, 2.05) is 30.3 Å². The highest BCUT2D eigenvalue weighted by molar-refractivity contribution is 7.11. The van der Waals surface area contributed by atoms with Crippen LogP contribution in [0.3, 0.4) is 0 Å². The number of thiazole rings is 1. The molecule has 0 bridgehead atoms. The normalized spacial score (nSPS) is 12.1. The summed E-state index contributed by atoms with van der Waals surface area (Å²) in [5, 5.41) is 12.5. The molecule has 0 saturated carbocycles. The summed E-state index contributed by atoms with van der Waals surface area (Å²) in [7, 11) is 0. The van der Waals surface area contributed by atoms with Gasteiger partial charge in [-0.25, -0.2) is 4.98 Å². The lowest BCUT2D eigenvalue weighted by Crippen LogP contribution is -2.34. The van der Waals surface area contributed by atoms with Crippen molar-refractivity contribution in [3.8, 4) is 0 Å². The molecular weight excluding hydrogens is 288 g/mol. The van der Waals surface area contributed by atoms with Gasteiger partial charge in [0.15, 0.2) is 0 Å². The van der Waals surface area contributed by atoms with Gasteiger partial charge in [-0.05, 0) is 12.5 Å². The molecule has 6 heteroatoms.